The minimum Gasteiger partial charge on any atom is -0.454 e. The summed E-state index contributed by atoms with van der Waals surface area (Å²) in [6.07, 6.45) is -0.101. The van der Waals surface area contributed by atoms with Crippen molar-refractivity contribution in [3.8, 4) is 0 Å². The van der Waals surface area contributed by atoms with Crippen LogP contribution in [-0.4, -0.2) is 38.7 Å². The smallest absolute Gasteiger partial charge is 0.308 e. The number of rotatable bonds is 7. The normalized spacial score (nSPS) is 16.7. The summed E-state index contributed by atoms with van der Waals surface area (Å²) in [6.45, 7) is 3.60. The van der Waals surface area contributed by atoms with Gasteiger partial charge in [-0.1, -0.05) is 43.3 Å². The molecule has 29 heavy (non-hydrogen) atoms. The minimum absolute atomic E-state index is 0.0388. The third-order valence-corrected chi connectivity index (χ3v) is 5.97. The Kier molecular flexibility index (Phi) is 6.12. The number of carbonyl (C=O) groups excluding carboxylic acids is 2. The molecule has 1 aliphatic rings. The fraction of sp³-hybridized carbons (Fsp3) is 0.286. The van der Waals surface area contributed by atoms with E-state index in [0.29, 0.717) is 11.1 Å². The summed E-state index contributed by atoms with van der Waals surface area (Å²) >= 11 is 0. The lowest BCUT2D eigenvalue weighted by atomic mass is 10.0. The van der Waals surface area contributed by atoms with E-state index in [0.717, 1.165) is 12.0 Å². The predicted molar refractivity (Wildman–Crippen MR) is 108 cm³/mol. The van der Waals surface area contributed by atoms with Crippen molar-refractivity contribution < 1.29 is 22.7 Å². The summed E-state index contributed by atoms with van der Waals surface area (Å²) < 4.78 is 31.6. The Hall–Kier alpha value is -3.00. The van der Waals surface area contributed by atoms with Crippen molar-refractivity contribution in [3.05, 3.63) is 65.2 Å². The summed E-state index contributed by atoms with van der Waals surface area (Å²) in [6, 6.07) is 13.7. The van der Waals surface area contributed by atoms with E-state index < -0.39 is 22.1 Å². The Labute approximate surface area is 169 Å². The number of fused-ring (bicyclic) bond motifs is 1. The van der Waals surface area contributed by atoms with Gasteiger partial charge in [-0.15, -0.1) is 0 Å². The Bertz CT molecular complexity index is 1060. The average molecular weight is 414 g/mol. The first-order valence-corrected chi connectivity index (χ1v) is 10.8. The van der Waals surface area contributed by atoms with Crippen LogP contribution < -0.4 is 4.72 Å². The van der Waals surface area contributed by atoms with Gasteiger partial charge in [0.2, 0.25) is 5.78 Å². The van der Waals surface area contributed by atoms with Crippen LogP contribution in [0.4, 0.5) is 0 Å². The molecular formula is C21H22N2O5S. The highest BCUT2D eigenvalue weighted by Gasteiger charge is 2.30. The van der Waals surface area contributed by atoms with Gasteiger partial charge in [0.25, 0.3) is 10.0 Å². The lowest BCUT2D eigenvalue weighted by Gasteiger charge is -2.12. The Morgan fingerprint density at radius 2 is 1.79 bits per heavy atom. The average Bonchev–Trinajstić information content (AvgIpc) is 2.98. The largest absolute Gasteiger partial charge is 0.454 e. The van der Waals surface area contributed by atoms with Gasteiger partial charge in [0.05, 0.1) is 17.9 Å². The van der Waals surface area contributed by atoms with Crippen molar-refractivity contribution >= 4 is 27.6 Å². The van der Waals surface area contributed by atoms with Crippen LogP contribution in [0.5, 0.6) is 0 Å². The highest BCUT2D eigenvalue weighted by Crippen LogP contribution is 2.22. The highest BCUT2D eigenvalue weighted by atomic mass is 32.2. The van der Waals surface area contributed by atoms with Crippen molar-refractivity contribution in [2.45, 2.75) is 37.7 Å². The summed E-state index contributed by atoms with van der Waals surface area (Å²) in [4.78, 5) is 28.8. The first-order chi connectivity index (χ1) is 13.8. The van der Waals surface area contributed by atoms with Gasteiger partial charge in [0, 0.05) is 11.1 Å². The number of ketones is 1. The van der Waals surface area contributed by atoms with Gasteiger partial charge in [-0.05, 0) is 31.0 Å². The Morgan fingerprint density at radius 1 is 1.10 bits per heavy atom. The number of hydrogen-bond acceptors (Lipinski definition) is 6. The first kappa shape index (κ1) is 20.7. The van der Waals surface area contributed by atoms with E-state index in [1.807, 2.05) is 19.1 Å². The van der Waals surface area contributed by atoms with Crippen molar-refractivity contribution in [3.63, 3.8) is 0 Å². The third kappa shape index (κ3) is 4.71. The topological polar surface area (TPSA) is 102 Å². The standard InChI is InChI=1S/C21H22N2O5S/c1-3-15-8-10-16(11-9-15)20(25)14(2)28-19(24)12-13-22-21-17-6-4-5-7-18(17)29(26,27)23-21/h4-11,14H,3,12-13H2,1-2H3,(H,22,23)/t14-/m0/s1. The summed E-state index contributed by atoms with van der Waals surface area (Å²) in [5.74, 6) is -0.646. The van der Waals surface area contributed by atoms with Gasteiger partial charge in [-0.25, -0.2) is 8.42 Å². The van der Waals surface area contributed by atoms with Crippen LogP contribution in [0.25, 0.3) is 0 Å². The monoisotopic (exact) mass is 414 g/mol. The molecule has 1 aliphatic heterocycles. The molecule has 0 saturated heterocycles. The number of carbonyl (C=O) groups is 2. The molecule has 1 heterocycles. The van der Waals surface area contributed by atoms with E-state index in [1.165, 1.54) is 13.0 Å². The zero-order valence-electron chi connectivity index (χ0n) is 16.2. The molecule has 2 aromatic carbocycles. The van der Waals surface area contributed by atoms with Gasteiger partial charge in [0.1, 0.15) is 5.84 Å². The maximum atomic E-state index is 12.4. The van der Waals surface area contributed by atoms with Crippen molar-refractivity contribution in [2.75, 3.05) is 6.54 Å². The lowest BCUT2D eigenvalue weighted by Crippen LogP contribution is -2.25. The SMILES string of the molecule is CCc1ccc(C(=O)[C@H](C)OC(=O)CCN=C2NS(=O)(=O)c3ccccc32)cc1. The molecule has 0 amide bonds. The van der Waals surface area contributed by atoms with E-state index in [9.17, 15) is 18.0 Å². The van der Waals surface area contributed by atoms with Gasteiger partial charge in [0.15, 0.2) is 6.10 Å². The third-order valence-electron chi connectivity index (χ3n) is 4.57. The number of ether oxygens (including phenoxy) is 1. The zero-order valence-corrected chi connectivity index (χ0v) is 17.0. The molecule has 0 unspecified atom stereocenters. The molecular weight excluding hydrogens is 392 g/mol. The molecule has 8 heteroatoms. The van der Waals surface area contributed by atoms with Crippen LogP contribution in [-0.2, 0) is 26.0 Å². The van der Waals surface area contributed by atoms with Crippen LogP contribution in [0.15, 0.2) is 58.4 Å². The second kappa shape index (κ2) is 8.57. The molecule has 0 spiro atoms. The van der Waals surface area contributed by atoms with Gasteiger partial charge < -0.3 is 4.74 Å². The molecule has 0 bridgehead atoms. The zero-order chi connectivity index (χ0) is 21.0. The fourth-order valence-electron chi connectivity index (χ4n) is 2.96. The van der Waals surface area contributed by atoms with Gasteiger partial charge >= 0.3 is 5.97 Å². The van der Waals surface area contributed by atoms with Crippen LogP contribution in [0.1, 0.15) is 41.8 Å². The number of nitrogens with zero attached hydrogens (tertiary/aromatic N) is 1. The van der Waals surface area contributed by atoms with E-state index in [2.05, 4.69) is 9.71 Å². The molecule has 0 aliphatic carbocycles. The van der Waals surface area contributed by atoms with Crippen molar-refractivity contribution in [1.82, 2.24) is 4.72 Å². The summed E-state index contributed by atoms with van der Waals surface area (Å²) in [5.41, 5.74) is 2.08. The predicted octanol–water partition coefficient (Wildman–Crippen LogP) is 2.49. The number of hydrogen-bond donors (Lipinski definition) is 1. The van der Waals surface area contributed by atoms with E-state index in [-0.39, 0.29) is 29.5 Å². The van der Waals surface area contributed by atoms with E-state index in [4.69, 9.17) is 4.74 Å². The second-order valence-corrected chi connectivity index (χ2v) is 8.28. The molecule has 1 N–H and O–H groups in total. The Balaban J connectivity index is 1.56. The highest BCUT2D eigenvalue weighted by molar-refractivity contribution is 7.90. The van der Waals surface area contributed by atoms with Crippen LogP contribution in [0.2, 0.25) is 0 Å². The molecule has 0 radical (unpaired) electrons. The lowest BCUT2D eigenvalue weighted by molar-refractivity contribution is -0.146. The number of nitrogens with one attached hydrogen (secondary N) is 1. The minimum atomic E-state index is -3.61. The maximum absolute atomic E-state index is 12.4. The first-order valence-electron chi connectivity index (χ1n) is 9.31. The number of aliphatic imine (C=N–C) groups is 1. The number of esters is 1. The fourth-order valence-corrected chi connectivity index (χ4v) is 4.21. The van der Waals surface area contributed by atoms with Crippen molar-refractivity contribution in [2.24, 2.45) is 4.99 Å². The van der Waals surface area contributed by atoms with Gasteiger partial charge in [-0.3, -0.25) is 19.3 Å². The molecule has 0 fully saturated rings. The van der Waals surface area contributed by atoms with Gasteiger partial charge in [-0.2, -0.15) is 0 Å². The number of sulfonamides is 1. The molecule has 152 valence electrons. The van der Waals surface area contributed by atoms with Crippen LogP contribution in [0.3, 0.4) is 0 Å². The molecule has 3 rings (SSSR count). The second-order valence-electron chi connectivity index (χ2n) is 6.63. The molecule has 0 saturated carbocycles. The van der Waals surface area contributed by atoms with Crippen LogP contribution in [0, 0.1) is 0 Å². The number of benzene rings is 2. The maximum Gasteiger partial charge on any atom is 0.308 e. The number of Topliss-reactive ketones (excluding diaryl/α,β-unsaturated/α-hetero) is 1. The van der Waals surface area contributed by atoms with Crippen molar-refractivity contribution in [1.29, 1.82) is 0 Å². The van der Waals surface area contributed by atoms with Crippen LogP contribution >= 0.6 is 0 Å². The molecule has 0 aromatic heterocycles. The molecule has 2 aromatic rings. The molecule has 1 atom stereocenters. The quantitative estimate of drug-likeness (QED) is 0.554. The summed E-state index contributed by atoms with van der Waals surface area (Å²) in [7, 11) is -3.61. The number of aryl methyl sites for hydroxylation is 1. The Morgan fingerprint density at radius 3 is 2.48 bits per heavy atom. The van der Waals surface area contributed by atoms with E-state index in [1.54, 1.807) is 30.3 Å². The summed E-state index contributed by atoms with van der Waals surface area (Å²) in [5, 5.41) is 0. The van der Waals surface area contributed by atoms with E-state index >= 15 is 0 Å². The molecule has 7 nitrogen and oxygen atoms in total. The number of amidine groups is 1.